The Balaban J connectivity index is 1.44. The average molecular weight is 521 g/mol. The van der Waals surface area contributed by atoms with Crippen molar-refractivity contribution in [2.75, 3.05) is 18.9 Å². The first-order valence-corrected chi connectivity index (χ1v) is 11.6. The van der Waals surface area contributed by atoms with Gasteiger partial charge in [0, 0.05) is 17.8 Å². The smallest absolute Gasteiger partial charge is 0.418 e. The first-order chi connectivity index (χ1) is 17.5. The lowest BCUT2D eigenvalue weighted by molar-refractivity contribution is -0.196. The second-order valence-corrected chi connectivity index (χ2v) is 9.47. The predicted octanol–water partition coefficient (Wildman–Crippen LogP) is 3.48. The summed E-state index contributed by atoms with van der Waals surface area (Å²) in [5.41, 5.74) is 5.47. The fraction of sp³-hybridized carbons (Fsp3) is 0.400. The lowest BCUT2D eigenvalue weighted by Gasteiger charge is -2.34. The van der Waals surface area contributed by atoms with Crippen molar-refractivity contribution in [2.24, 2.45) is 5.92 Å². The van der Waals surface area contributed by atoms with Crippen molar-refractivity contribution in [1.29, 1.82) is 0 Å². The number of carbonyl (C=O) groups excluding carboxylic acids is 3. The van der Waals surface area contributed by atoms with Crippen LogP contribution in [0.1, 0.15) is 29.5 Å². The van der Waals surface area contributed by atoms with Gasteiger partial charge in [0.25, 0.3) is 5.91 Å². The molecular weight excluding hydrogens is 498 g/mol. The van der Waals surface area contributed by atoms with Gasteiger partial charge in [-0.15, -0.1) is 0 Å². The quantitative estimate of drug-likeness (QED) is 0.462. The third-order valence-electron chi connectivity index (χ3n) is 6.82. The van der Waals surface area contributed by atoms with Gasteiger partial charge in [-0.3, -0.25) is 9.59 Å². The van der Waals surface area contributed by atoms with Crippen LogP contribution in [0.4, 0.5) is 28.0 Å². The Morgan fingerprint density at radius 2 is 1.86 bits per heavy atom. The van der Waals surface area contributed by atoms with Crippen molar-refractivity contribution >= 4 is 23.6 Å². The van der Waals surface area contributed by atoms with E-state index in [9.17, 15) is 31.9 Å². The maximum atomic E-state index is 14.1. The van der Waals surface area contributed by atoms with Crippen molar-refractivity contribution < 1.29 is 41.4 Å². The third kappa shape index (κ3) is 4.61. The second kappa shape index (κ2) is 9.02. The lowest BCUT2D eigenvalue weighted by atomic mass is 9.87. The van der Waals surface area contributed by atoms with Gasteiger partial charge in [-0.05, 0) is 54.2 Å². The van der Waals surface area contributed by atoms with E-state index in [0.29, 0.717) is 26.6 Å². The largest absolute Gasteiger partial charge is 0.425 e. The zero-order valence-electron chi connectivity index (χ0n) is 19.5. The maximum Gasteiger partial charge on any atom is 0.418 e. The molecule has 2 aliphatic heterocycles. The summed E-state index contributed by atoms with van der Waals surface area (Å²) in [6.45, 7) is -1.63. The number of halogens is 4. The van der Waals surface area contributed by atoms with Crippen LogP contribution in [0.3, 0.4) is 0 Å². The molecule has 196 valence electrons. The van der Waals surface area contributed by atoms with Gasteiger partial charge in [0.05, 0.1) is 6.61 Å². The van der Waals surface area contributed by atoms with Crippen molar-refractivity contribution in [3.63, 3.8) is 0 Å². The summed E-state index contributed by atoms with van der Waals surface area (Å²) in [5, 5.41) is 0. The topological polar surface area (TPSA) is 102 Å². The van der Waals surface area contributed by atoms with Gasteiger partial charge in [0.2, 0.25) is 11.5 Å². The van der Waals surface area contributed by atoms with E-state index in [4.69, 9.17) is 15.2 Å². The van der Waals surface area contributed by atoms with E-state index in [1.807, 2.05) is 0 Å². The molecule has 2 heterocycles. The summed E-state index contributed by atoms with van der Waals surface area (Å²) in [5.74, 6) is -3.38. The molecular formula is C25H23F4N3O5. The Morgan fingerprint density at radius 1 is 1.16 bits per heavy atom. The lowest BCUT2D eigenvalue weighted by Crippen LogP contribution is -2.53. The van der Waals surface area contributed by atoms with Crippen LogP contribution in [0.2, 0.25) is 0 Å². The van der Waals surface area contributed by atoms with Gasteiger partial charge in [-0.2, -0.15) is 13.2 Å². The summed E-state index contributed by atoms with van der Waals surface area (Å²) in [7, 11) is 0. The number of carbonyl (C=O) groups is 3. The van der Waals surface area contributed by atoms with Gasteiger partial charge in [0.15, 0.2) is 0 Å². The highest BCUT2D eigenvalue weighted by Crippen LogP contribution is 2.44. The molecule has 1 spiro atoms. The Hall–Kier alpha value is -3.67. The molecule has 3 amide bonds. The molecule has 0 aromatic heterocycles. The molecule has 2 N–H and O–H groups in total. The summed E-state index contributed by atoms with van der Waals surface area (Å²) < 4.78 is 66.5. The van der Waals surface area contributed by atoms with Crippen molar-refractivity contribution in [1.82, 2.24) is 9.80 Å². The maximum absolute atomic E-state index is 14.1. The molecule has 0 radical (unpaired) electrons. The van der Waals surface area contributed by atoms with Crippen LogP contribution in [-0.2, 0) is 37.8 Å². The Labute approximate surface area is 208 Å². The SMILES string of the molecule is Nc1ccc2c(c1)COCC21OC(=O)N(CC(=O)N(Cc2ccc(F)cc2)[C@@H](C2CC2)C(F)(F)F)C1=O. The normalized spacial score (nSPS) is 22.1. The molecule has 3 aliphatic rings. The molecule has 2 fully saturated rings. The number of rotatable bonds is 6. The molecule has 12 heteroatoms. The zero-order chi connectivity index (χ0) is 26.5. The predicted molar refractivity (Wildman–Crippen MR) is 120 cm³/mol. The molecule has 1 saturated carbocycles. The number of nitrogen functional groups attached to an aromatic ring is 1. The number of ether oxygens (including phenoxy) is 2. The summed E-state index contributed by atoms with van der Waals surface area (Å²) >= 11 is 0. The fourth-order valence-corrected chi connectivity index (χ4v) is 4.92. The second-order valence-electron chi connectivity index (χ2n) is 9.47. The minimum Gasteiger partial charge on any atom is -0.425 e. The number of alkyl halides is 3. The van der Waals surface area contributed by atoms with Crippen LogP contribution in [0.5, 0.6) is 0 Å². The number of benzene rings is 2. The van der Waals surface area contributed by atoms with E-state index in [2.05, 4.69) is 0 Å². The van der Waals surface area contributed by atoms with Crippen molar-refractivity contribution in [3.8, 4) is 0 Å². The monoisotopic (exact) mass is 521 g/mol. The van der Waals surface area contributed by atoms with E-state index in [1.54, 1.807) is 6.07 Å². The van der Waals surface area contributed by atoms with Gasteiger partial charge in [-0.25, -0.2) is 14.1 Å². The van der Waals surface area contributed by atoms with Gasteiger partial charge >= 0.3 is 12.3 Å². The first-order valence-electron chi connectivity index (χ1n) is 11.6. The van der Waals surface area contributed by atoms with Crippen molar-refractivity contribution in [3.05, 3.63) is 65.0 Å². The third-order valence-corrected chi connectivity index (χ3v) is 6.82. The molecule has 1 unspecified atom stereocenters. The minimum atomic E-state index is -4.75. The standard InChI is InChI=1S/C25H23F4N3O5/c26-17-5-1-14(2-6-17)10-31(21(15-3-4-15)25(27,28)29)20(33)11-32-22(34)24(37-23(32)35)13-36-12-16-9-18(30)7-8-19(16)24/h1-2,5-9,15,21H,3-4,10-13,30H2/t21-,24?/m0/s1. The number of amides is 3. The van der Waals surface area contributed by atoms with Crippen LogP contribution in [-0.4, -0.2) is 53.1 Å². The molecule has 1 aliphatic carbocycles. The number of nitrogens with two attached hydrogens (primary N) is 1. The number of hydrogen-bond acceptors (Lipinski definition) is 6. The highest BCUT2D eigenvalue weighted by Gasteiger charge is 2.59. The van der Waals surface area contributed by atoms with Crippen molar-refractivity contribution in [2.45, 2.75) is 43.8 Å². The van der Waals surface area contributed by atoms with Crippen LogP contribution < -0.4 is 5.73 Å². The molecule has 37 heavy (non-hydrogen) atoms. The fourth-order valence-electron chi connectivity index (χ4n) is 4.92. The molecule has 2 aromatic rings. The molecule has 8 nitrogen and oxygen atoms in total. The van der Waals surface area contributed by atoms with Crippen LogP contribution in [0.25, 0.3) is 0 Å². The van der Waals surface area contributed by atoms with Gasteiger partial charge in [-0.1, -0.05) is 18.2 Å². The summed E-state index contributed by atoms with van der Waals surface area (Å²) in [6, 6.07) is 7.22. The Kier molecular flexibility index (Phi) is 6.09. The number of imide groups is 1. The molecule has 2 aromatic carbocycles. The molecule has 1 saturated heterocycles. The van der Waals surface area contributed by atoms with E-state index < -0.39 is 60.6 Å². The highest BCUT2D eigenvalue weighted by atomic mass is 19.4. The molecule has 0 bridgehead atoms. The number of hydrogen-bond donors (Lipinski definition) is 1. The van der Waals surface area contributed by atoms with Crippen LogP contribution in [0.15, 0.2) is 42.5 Å². The number of fused-ring (bicyclic) bond motifs is 2. The first kappa shape index (κ1) is 25.0. The van der Waals surface area contributed by atoms with E-state index in [0.717, 1.165) is 12.1 Å². The van der Waals surface area contributed by atoms with E-state index in [1.165, 1.54) is 24.3 Å². The van der Waals surface area contributed by atoms with E-state index >= 15 is 0 Å². The number of anilines is 1. The Bertz CT molecular complexity index is 1250. The summed E-state index contributed by atoms with van der Waals surface area (Å²) in [6.07, 6.45) is -5.35. The minimum absolute atomic E-state index is 0.117. The summed E-state index contributed by atoms with van der Waals surface area (Å²) in [4.78, 5) is 40.7. The Morgan fingerprint density at radius 3 is 2.51 bits per heavy atom. The van der Waals surface area contributed by atoms with E-state index in [-0.39, 0.29) is 31.6 Å². The highest BCUT2D eigenvalue weighted by molar-refractivity contribution is 6.06. The van der Waals surface area contributed by atoms with Gasteiger partial charge < -0.3 is 20.1 Å². The zero-order valence-corrected chi connectivity index (χ0v) is 19.5. The van der Waals surface area contributed by atoms with Crippen LogP contribution >= 0.6 is 0 Å². The molecule has 2 atom stereocenters. The average Bonchev–Trinajstić information content (AvgIpc) is 3.63. The van der Waals surface area contributed by atoms with Crippen LogP contribution in [0, 0.1) is 11.7 Å². The van der Waals surface area contributed by atoms with Gasteiger partial charge in [0.1, 0.15) is 25.0 Å². The number of nitrogens with zero attached hydrogens (tertiary/aromatic N) is 2. The molecule has 5 rings (SSSR count).